The average molecular weight is 451 g/mol. The number of carbonyl (C=O) groups is 1. The molecule has 0 spiro atoms. The minimum absolute atomic E-state index is 0.0448. The Kier molecular flexibility index (Phi) is 6.32. The molecule has 1 heterocycles. The lowest BCUT2D eigenvalue weighted by molar-refractivity contribution is -0.113. The molecule has 1 amide bonds. The summed E-state index contributed by atoms with van der Waals surface area (Å²) in [5, 5.41) is 11.6. The molecule has 4 rings (SSSR count). The van der Waals surface area contributed by atoms with E-state index in [2.05, 4.69) is 15.5 Å². The molecular weight excluding hydrogens is 430 g/mol. The number of amides is 1. The smallest absolute Gasteiger partial charge is 0.234 e. The van der Waals surface area contributed by atoms with Gasteiger partial charge in [-0.1, -0.05) is 54.2 Å². The van der Waals surface area contributed by atoms with Gasteiger partial charge in [-0.05, 0) is 43.2 Å². The monoisotopic (exact) mass is 450 g/mol. The van der Waals surface area contributed by atoms with Crippen molar-refractivity contribution < 1.29 is 13.6 Å². The summed E-state index contributed by atoms with van der Waals surface area (Å²) in [6.07, 6.45) is 0. The Balaban J connectivity index is 1.63. The minimum atomic E-state index is -0.747. The molecule has 0 radical (unpaired) electrons. The molecular formula is C24H20F2N4OS. The van der Waals surface area contributed by atoms with E-state index in [-0.39, 0.29) is 17.3 Å². The summed E-state index contributed by atoms with van der Waals surface area (Å²) in [4.78, 5) is 12.6. The molecule has 0 unspecified atom stereocenters. The van der Waals surface area contributed by atoms with E-state index in [0.29, 0.717) is 11.0 Å². The van der Waals surface area contributed by atoms with Crippen molar-refractivity contribution in [2.24, 2.45) is 0 Å². The first-order valence-corrected chi connectivity index (χ1v) is 10.9. The third kappa shape index (κ3) is 4.70. The number of thioether (sulfide) groups is 1. The van der Waals surface area contributed by atoms with Gasteiger partial charge in [0, 0.05) is 17.3 Å². The van der Waals surface area contributed by atoms with Crippen LogP contribution in [-0.4, -0.2) is 26.4 Å². The fourth-order valence-electron chi connectivity index (χ4n) is 3.20. The Labute approximate surface area is 188 Å². The third-order valence-electron chi connectivity index (χ3n) is 4.82. The molecule has 0 saturated carbocycles. The molecule has 162 valence electrons. The largest absolute Gasteiger partial charge is 0.325 e. The molecule has 0 aliphatic rings. The van der Waals surface area contributed by atoms with E-state index in [0.717, 1.165) is 40.2 Å². The van der Waals surface area contributed by atoms with Gasteiger partial charge in [0.05, 0.1) is 11.4 Å². The molecule has 0 aliphatic carbocycles. The second-order valence-electron chi connectivity index (χ2n) is 7.26. The number of rotatable bonds is 6. The molecule has 1 N–H and O–H groups in total. The fraction of sp³-hybridized carbons (Fsp3) is 0.125. The number of anilines is 1. The molecule has 0 saturated heterocycles. The number of nitrogens with one attached hydrogen (secondary N) is 1. The molecule has 32 heavy (non-hydrogen) atoms. The van der Waals surface area contributed by atoms with Crippen molar-refractivity contribution in [3.63, 3.8) is 0 Å². The molecule has 0 atom stereocenters. The van der Waals surface area contributed by atoms with Crippen molar-refractivity contribution in [1.29, 1.82) is 0 Å². The van der Waals surface area contributed by atoms with Crippen molar-refractivity contribution in [3.8, 4) is 17.1 Å². The molecule has 1 aromatic heterocycles. The zero-order valence-electron chi connectivity index (χ0n) is 17.5. The van der Waals surface area contributed by atoms with Gasteiger partial charge < -0.3 is 5.32 Å². The highest BCUT2D eigenvalue weighted by atomic mass is 32.2. The molecule has 0 aliphatic heterocycles. The molecule has 3 aromatic carbocycles. The predicted octanol–water partition coefficient (Wildman–Crippen LogP) is 5.56. The molecule has 0 bridgehead atoms. The Bertz CT molecular complexity index is 1270. The van der Waals surface area contributed by atoms with Gasteiger partial charge in [-0.25, -0.2) is 8.78 Å². The summed E-state index contributed by atoms with van der Waals surface area (Å²) in [6, 6.07) is 18.3. The highest BCUT2D eigenvalue weighted by molar-refractivity contribution is 7.99. The maximum absolute atomic E-state index is 14.7. The van der Waals surface area contributed by atoms with Gasteiger partial charge in [-0.2, -0.15) is 0 Å². The Morgan fingerprint density at radius 3 is 2.53 bits per heavy atom. The lowest BCUT2D eigenvalue weighted by Gasteiger charge is -2.12. The van der Waals surface area contributed by atoms with Gasteiger partial charge in [-0.3, -0.25) is 9.36 Å². The highest BCUT2D eigenvalue weighted by Crippen LogP contribution is 2.29. The second-order valence-corrected chi connectivity index (χ2v) is 8.20. The van der Waals surface area contributed by atoms with Crippen LogP contribution >= 0.6 is 11.8 Å². The van der Waals surface area contributed by atoms with E-state index >= 15 is 0 Å². The van der Waals surface area contributed by atoms with Crippen molar-refractivity contribution in [1.82, 2.24) is 14.8 Å². The predicted molar refractivity (Wildman–Crippen MR) is 122 cm³/mol. The van der Waals surface area contributed by atoms with Gasteiger partial charge in [0.2, 0.25) is 5.91 Å². The number of hydrogen-bond donors (Lipinski definition) is 1. The van der Waals surface area contributed by atoms with Crippen molar-refractivity contribution >= 4 is 23.4 Å². The van der Waals surface area contributed by atoms with Crippen molar-refractivity contribution in [2.45, 2.75) is 19.0 Å². The SMILES string of the molecule is Cc1ccc(C)c(NC(=O)CSc2nnc(-c3ccccc3)n2-c2ccc(F)cc2F)c1. The molecule has 0 fully saturated rings. The Morgan fingerprint density at radius 1 is 1.00 bits per heavy atom. The summed E-state index contributed by atoms with van der Waals surface area (Å²) in [7, 11) is 0. The van der Waals surface area contributed by atoms with E-state index in [1.54, 1.807) is 0 Å². The number of aryl methyl sites for hydroxylation is 2. The first kappa shape index (κ1) is 21.7. The third-order valence-corrected chi connectivity index (χ3v) is 5.74. The number of hydrogen-bond acceptors (Lipinski definition) is 4. The Morgan fingerprint density at radius 2 is 1.78 bits per heavy atom. The summed E-state index contributed by atoms with van der Waals surface area (Å²) < 4.78 is 29.6. The number of nitrogens with zero attached hydrogens (tertiary/aromatic N) is 3. The number of carbonyl (C=O) groups excluding carboxylic acids is 1. The molecule has 5 nitrogen and oxygen atoms in total. The van der Waals surface area contributed by atoms with Crippen LogP contribution in [0.3, 0.4) is 0 Å². The van der Waals surface area contributed by atoms with Gasteiger partial charge in [0.1, 0.15) is 11.6 Å². The summed E-state index contributed by atoms with van der Waals surface area (Å²) >= 11 is 1.12. The average Bonchev–Trinajstić information content (AvgIpc) is 3.19. The number of benzene rings is 3. The zero-order chi connectivity index (χ0) is 22.7. The van der Waals surface area contributed by atoms with Crippen LogP contribution in [0.1, 0.15) is 11.1 Å². The maximum Gasteiger partial charge on any atom is 0.234 e. The lowest BCUT2D eigenvalue weighted by Crippen LogP contribution is -2.15. The van der Waals surface area contributed by atoms with Crippen LogP contribution in [0, 0.1) is 25.5 Å². The number of aromatic nitrogens is 3. The van der Waals surface area contributed by atoms with Gasteiger partial charge >= 0.3 is 0 Å². The standard InChI is InChI=1S/C24H20F2N4OS/c1-15-8-9-16(2)20(12-15)27-22(31)14-32-24-29-28-23(17-6-4-3-5-7-17)30(24)21-11-10-18(25)13-19(21)26/h3-13H,14H2,1-2H3,(H,27,31). The molecule has 4 aromatic rings. The van der Waals surface area contributed by atoms with E-state index in [1.165, 1.54) is 16.7 Å². The van der Waals surface area contributed by atoms with Crippen LogP contribution in [0.15, 0.2) is 71.9 Å². The van der Waals surface area contributed by atoms with Crippen molar-refractivity contribution in [2.75, 3.05) is 11.1 Å². The van der Waals surface area contributed by atoms with Crippen molar-refractivity contribution in [3.05, 3.63) is 89.5 Å². The van der Waals surface area contributed by atoms with Crippen LogP contribution < -0.4 is 5.32 Å². The van der Waals surface area contributed by atoms with Gasteiger partial charge in [0.15, 0.2) is 11.0 Å². The van der Waals surface area contributed by atoms with Crippen LogP contribution in [0.5, 0.6) is 0 Å². The summed E-state index contributed by atoms with van der Waals surface area (Å²) in [5.41, 5.74) is 3.56. The molecule has 8 heteroatoms. The highest BCUT2D eigenvalue weighted by Gasteiger charge is 2.20. The van der Waals surface area contributed by atoms with E-state index in [4.69, 9.17) is 0 Å². The summed E-state index contributed by atoms with van der Waals surface area (Å²) in [6.45, 7) is 3.87. The van der Waals surface area contributed by atoms with E-state index < -0.39 is 11.6 Å². The quantitative estimate of drug-likeness (QED) is 0.391. The first-order valence-electron chi connectivity index (χ1n) is 9.88. The van der Waals surface area contributed by atoms with Gasteiger partial charge in [0.25, 0.3) is 0 Å². The normalized spacial score (nSPS) is 10.9. The topological polar surface area (TPSA) is 59.8 Å². The van der Waals surface area contributed by atoms with Gasteiger partial charge in [-0.15, -0.1) is 10.2 Å². The minimum Gasteiger partial charge on any atom is -0.325 e. The number of halogens is 2. The van der Waals surface area contributed by atoms with Crippen LogP contribution in [-0.2, 0) is 4.79 Å². The lowest BCUT2D eigenvalue weighted by atomic mass is 10.1. The maximum atomic E-state index is 14.7. The second kappa shape index (κ2) is 9.32. The zero-order valence-corrected chi connectivity index (χ0v) is 18.3. The van der Waals surface area contributed by atoms with Crippen LogP contribution in [0.2, 0.25) is 0 Å². The van der Waals surface area contributed by atoms with Crippen LogP contribution in [0.25, 0.3) is 17.1 Å². The van der Waals surface area contributed by atoms with E-state index in [9.17, 15) is 13.6 Å². The summed E-state index contributed by atoms with van der Waals surface area (Å²) in [5.74, 6) is -1.21. The Hall–Kier alpha value is -3.52. The fourth-order valence-corrected chi connectivity index (χ4v) is 3.95. The van der Waals surface area contributed by atoms with Crippen LogP contribution in [0.4, 0.5) is 14.5 Å². The first-order chi connectivity index (χ1) is 15.4. The van der Waals surface area contributed by atoms with E-state index in [1.807, 2.05) is 62.4 Å².